The van der Waals surface area contributed by atoms with E-state index in [1.54, 1.807) is 0 Å². The van der Waals surface area contributed by atoms with Crippen LogP contribution in [0.15, 0.2) is 60.7 Å². The maximum atomic E-state index is 7.00. The Labute approximate surface area is 165 Å². The summed E-state index contributed by atoms with van der Waals surface area (Å²) in [5, 5.41) is 0. The van der Waals surface area contributed by atoms with Gasteiger partial charge in [-0.2, -0.15) is 0 Å². The van der Waals surface area contributed by atoms with Crippen molar-refractivity contribution in [3.63, 3.8) is 0 Å². The third-order valence-corrected chi connectivity index (χ3v) is 10.9. The van der Waals surface area contributed by atoms with Crippen molar-refractivity contribution in [2.45, 2.75) is 75.3 Å². The van der Waals surface area contributed by atoms with Gasteiger partial charge in [-0.25, -0.2) is 0 Å². The molecule has 2 aliphatic carbocycles. The minimum atomic E-state index is -2.48. The zero-order chi connectivity index (χ0) is 18.4. The summed E-state index contributed by atoms with van der Waals surface area (Å²) in [6.07, 6.45) is 13.1. The van der Waals surface area contributed by atoms with Gasteiger partial charge >= 0.3 is 8.56 Å². The lowest BCUT2D eigenvalue weighted by atomic mass is 9.99. The highest BCUT2D eigenvalue weighted by Crippen LogP contribution is 2.49. The maximum Gasteiger partial charge on any atom is 0.466 e. The van der Waals surface area contributed by atoms with Crippen molar-refractivity contribution in [3.8, 4) is 11.5 Å². The summed E-state index contributed by atoms with van der Waals surface area (Å²) >= 11 is 0. The van der Waals surface area contributed by atoms with Gasteiger partial charge in [-0.15, -0.1) is 0 Å². The van der Waals surface area contributed by atoms with E-state index in [2.05, 4.69) is 60.7 Å². The van der Waals surface area contributed by atoms with Crippen LogP contribution in [-0.2, 0) is 0 Å². The molecule has 0 aromatic heterocycles. The van der Waals surface area contributed by atoms with Gasteiger partial charge in [-0.3, -0.25) is 0 Å². The van der Waals surface area contributed by atoms with E-state index in [1.807, 2.05) is 0 Å². The zero-order valence-corrected chi connectivity index (χ0v) is 17.3. The Hall–Kier alpha value is -1.74. The summed E-state index contributed by atoms with van der Waals surface area (Å²) in [5.41, 5.74) is 1.18. The molecule has 2 saturated carbocycles. The molecule has 0 N–H and O–H groups in total. The number of para-hydroxylation sites is 2. The SMILES string of the molecule is c1ccc(O[Si](Oc2ccccc2)(C2CCCCC2)C2CCCCC2)cc1. The summed E-state index contributed by atoms with van der Waals surface area (Å²) in [5.74, 6) is 1.99. The Morgan fingerprint density at radius 3 is 1.26 bits per heavy atom. The molecule has 2 aromatic rings. The van der Waals surface area contributed by atoms with Crippen LogP contribution < -0.4 is 8.85 Å². The largest absolute Gasteiger partial charge is 0.512 e. The summed E-state index contributed by atoms with van der Waals surface area (Å²) in [6, 6.07) is 20.9. The van der Waals surface area contributed by atoms with E-state index in [0.29, 0.717) is 11.1 Å². The maximum absolute atomic E-state index is 7.00. The first-order chi connectivity index (χ1) is 13.4. The van der Waals surface area contributed by atoms with Crippen LogP contribution in [0.2, 0.25) is 11.1 Å². The molecule has 0 unspecified atom stereocenters. The van der Waals surface area contributed by atoms with Crippen molar-refractivity contribution in [1.82, 2.24) is 0 Å². The highest BCUT2D eigenvalue weighted by Gasteiger charge is 2.56. The highest BCUT2D eigenvalue weighted by atomic mass is 28.4. The molecule has 0 atom stereocenters. The lowest BCUT2D eigenvalue weighted by molar-refractivity contribution is 0.290. The Bertz CT molecular complexity index is 615. The second-order valence-corrected chi connectivity index (χ2v) is 11.7. The van der Waals surface area contributed by atoms with Crippen LogP contribution in [0.3, 0.4) is 0 Å². The quantitative estimate of drug-likeness (QED) is 0.491. The van der Waals surface area contributed by atoms with Gasteiger partial charge in [0.05, 0.1) is 0 Å². The molecule has 2 aromatic carbocycles. The number of hydrogen-bond donors (Lipinski definition) is 0. The molecule has 0 heterocycles. The van der Waals surface area contributed by atoms with Gasteiger partial charge in [0.15, 0.2) is 0 Å². The van der Waals surface area contributed by atoms with Crippen LogP contribution >= 0.6 is 0 Å². The molecule has 0 bridgehead atoms. The number of benzene rings is 2. The van der Waals surface area contributed by atoms with E-state index < -0.39 is 8.56 Å². The molecule has 4 rings (SSSR count). The molecule has 2 nitrogen and oxygen atoms in total. The minimum absolute atomic E-state index is 0.592. The molecule has 144 valence electrons. The molecule has 2 fully saturated rings. The monoisotopic (exact) mass is 380 g/mol. The molecule has 0 radical (unpaired) electrons. The molecule has 27 heavy (non-hydrogen) atoms. The lowest BCUT2D eigenvalue weighted by Crippen LogP contribution is -2.57. The molecule has 0 saturated heterocycles. The third-order valence-electron chi connectivity index (χ3n) is 6.39. The smallest absolute Gasteiger partial charge is 0.466 e. The number of hydrogen-bond acceptors (Lipinski definition) is 2. The summed E-state index contributed by atoms with van der Waals surface area (Å²) < 4.78 is 14.0. The molecule has 0 amide bonds. The van der Waals surface area contributed by atoms with Gasteiger partial charge in [0.1, 0.15) is 11.5 Å². The van der Waals surface area contributed by atoms with E-state index >= 15 is 0 Å². The third kappa shape index (κ3) is 4.40. The first kappa shape index (κ1) is 18.6. The lowest BCUT2D eigenvalue weighted by Gasteiger charge is -2.45. The Morgan fingerprint density at radius 2 is 0.889 bits per heavy atom. The molecule has 3 heteroatoms. The van der Waals surface area contributed by atoms with Crippen LogP contribution in [0.25, 0.3) is 0 Å². The predicted molar refractivity (Wildman–Crippen MR) is 114 cm³/mol. The first-order valence-corrected chi connectivity index (χ1v) is 12.8. The van der Waals surface area contributed by atoms with Gasteiger partial charge in [-0.1, -0.05) is 74.9 Å². The van der Waals surface area contributed by atoms with Crippen LogP contribution in [0, 0.1) is 0 Å². The second kappa shape index (κ2) is 8.96. The van der Waals surface area contributed by atoms with Crippen LogP contribution in [-0.4, -0.2) is 8.56 Å². The fourth-order valence-corrected chi connectivity index (χ4v) is 9.85. The highest BCUT2D eigenvalue weighted by molar-refractivity contribution is 6.72. The standard InChI is InChI=1S/C24H32O2Si/c1-5-13-21(14-6-1)25-27(23-17-9-3-10-18-23,24-19-11-4-12-20-24)26-22-15-7-2-8-16-22/h1-2,5-8,13-16,23-24H,3-4,9-12,17-20H2. The van der Waals surface area contributed by atoms with Crippen LogP contribution in [0.1, 0.15) is 64.2 Å². The van der Waals surface area contributed by atoms with Gasteiger partial charge in [0.25, 0.3) is 0 Å². The molecule has 0 spiro atoms. The zero-order valence-electron chi connectivity index (χ0n) is 16.3. The summed E-state index contributed by atoms with van der Waals surface area (Å²) in [7, 11) is -2.48. The summed E-state index contributed by atoms with van der Waals surface area (Å²) in [4.78, 5) is 0. The van der Waals surface area contributed by atoms with E-state index in [0.717, 1.165) is 11.5 Å². The Kier molecular flexibility index (Phi) is 6.18. The molecular formula is C24H32O2Si. The normalized spacial score (nSPS) is 19.6. The van der Waals surface area contributed by atoms with Crippen molar-refractivity contribution in [2.24, 2.45) is 0 Å². The molecule has 0 aliphatic heterocycles. The molecular weight excluding hydrogens is 348 g/mol. The van der Waals surface area contributed by atoms with Crippen molar-refractivity contribution in [3.05, 3.63) is 60.7 Å². The fourth-order valence-electron chi connectivity index (χ4n) is 5.04. The van der Waals surface area contributed by atoms with Crippen molar-refractivity contribution in [2.75, 3.05) is 0 Å². The first-order valence-electron chi connectivity index (χ1n) is 10.8. The number of rotatable bonds is 6. The van der Waals surface area contributed by atoms with E-state index in [1.165, 1.54) is 64.2 Å². The average molecular weight is 381 g/mol. The van der Waals surface area contributed by atoms with E-state index in [-0.39, 0.29) is 0 Å². The Balaban J connectivity index is 1.73. The summed E-state index contributed by atoms with van der Waals surface area (Å²) in [6.45, 7) is 0. The topological polar surface area (TPSA) is 18.5 Å². The van der Waals surface area contributed by atoms with E-state index in [9.17, 15) is 0 Å². The van der Waals surface area contributed by atoms with Crippen molar-refractivity contribution in [1.29, 1.82) is 0 Å². The van der Waals surface area contributed by atoms with Crippen LogP contribution in [0.5, 0.6) is 11.5 Å². The van der Waals surface area contributed by atoms with Crippen molar-refractivity contribution >= 4 is 8.56 Å². The predicted octanol–water partition coefficient (Wildman–Crippen LogP) is 7.26. The average Bonchev–Trinajstić information content (AvgIpc) is 2.76. The second-order valence-electron chi connectivity index (χ2n) is 8.22. The van der Waals surface area contributed by atoms with Gasteiger partial charge in [0.2, 0.25) is 0 Å². The van der Waals surface area contributed by atoms with Crippen molar-refractivity contribution < 1.29 is 8.85 Å². The minimum Gasteiger partial charge on any atom is -0.512 e. The van der Waals surface area contributed by atoms with Gasteiger partial charge < -0.3 is 8.85 Å². The Morgan fingerprint density at radius 1 is 0.519 bits per heavy atom. The van der Waals surface area contributed by atoms with E-state index in [4.69, 9.17) is 8.85 Å². The fraction of sp³-hybridized carbons (Fsp3) is 0.500. The van der Waals surface area contributed by atoms with Gasteiger partial charge in [-0.05, 0) is 49.9 Å². The molecule has 2 aliphatic rings. The van der Waals surface area contributed by atoms with Crippen LogP contribution in [0.4, 0.5) is 0 Å². The van der Waals surface area contributed by atoms with Gasteiger partial charge in [0, 0.05) is 11.1 Å².